The Balaban J connectivity index is 1.90. The van der Waals surface area contributed by atoms with E-state index in [1.807, 2.05) is 18.2 Å². The number of nitrogens with one attached hydrogen (secondary N) is 2. The highest BCUT2D eigenvalue weighted by Gasteiger charge is 2.25. The number of carbonyl (C=O) groups excluding carboxylic acids is 2. The third-order valence-corrected chi connectivity index (χ3v) is 4.58. The number of para-hydroxylation sites is 1. The fraction of sp³-hybridized carbons (Fsp3) is 0.579. The second-order valence-corrected chi connectivity index (χ2v) is 7.51. The van der Waals surface area contributed by atoms with E-state index < -0.39 is 0 Å². The quantitative estimate of drug-likeness (QED) is 0.890. The molecule has 1 heterocycles. The number of benzene rings is 1. The van der Waals surface area contributed by atoms with Gasteiger partial charge in [0.1, 0.15) is 0 Å². The summed E-state index contributed by atoms with van der Waals surface area (Å²) < 4.78 is 0. The second-order valence-electron chi connectivity index (χ2n) is 7.51. The lowest BCUT2D eigenvalue weighted by atomic mass is 9.86. The summed E-state index contributed by atoms with van der Waals surface area (Å²) in [5.41, 5.74) is 2.00. The summed E-state index contributed by atoms with van der Waals surface area (Å²) in [7, 11) is 1.68. The van der Waals surface area contributed by atoms with Gasteiger partial charge in [-0.3, -0.25) is 14.5 Å². The first-order valence-electron chi connectivity index (χ1n) is 8.64. The number of hydrogen-bond donors (Lipinski definition) is 2. The van der Waals surface area contributed by atoms with E-state index in [-0.39, 0.29) is 23.1 Å². The van der Waals surface area contributed by atoms with Crippen molar-refractivity contribution in [3.05, 3.63) is 29.8 Å². The molecule has 0 unspecified atom stereocenters. The average Bonchev–Trinajstić information content (AvgIpc) is 2.54. The van der Waals surface area contributed by atoms with Crippen molar-refractivity contribution in [2.45, 2.75) is 39.0 Å². The standard InChI is InChI=1S/C19H29N3O2/c1-19(2,3)15-7-5-6-8-16(15)21-17(23)13-22-11-9-14(10-12-22)18(24)20-4/h5-8,14H,9-13H2,1-4H3,(H,20,24)(H,21,23). The van der Waals surface area contributed by atoms with E-state index in [0.717, 1.165) is 37.2 Å². The van der Waals surface area contributed by atoms with E-state index in [2.05, 4.69) is 42.4 Å². The van der Waals surface area contributed by atoms with Crippen LogP contribution in [0.4, 0.5) is 5.69 Å². The van der Waals surface area contributed by atoms with Crippen LogP contribution in [0.25, 0.3) is 0 Å². The van der Waals surface area contributed by atoms with Gasteiger partial charge in [0.05, 0.1) is 6.54 Å². The fourth-order valence-electron chi connectivity index (χ4n) is 3.20. The largest absolute Gasteiger partial charge is 0.359 e. The Hall–Kier alpha value is -1.88. The molecular weight excluding hydrogens is 302 g/mol. The van der Waals surface area contributed by atoms with Gasteiger partial charge in [-0.1, -0.05) is 39.0 Å². The van der Waals surface area contributed by atoms with Gasteiger partial charge in [-0.15, -0.1) is 0 Å². The summed E-state index contributed by atoms with van der Waals surface area (Å²) in [6.45, 7) is 8.36. The zero-order valence-corrected chi connectivity index (χ0v) is 15.2. The van der Waals surface area contributed by atoms with Crippen LogP contribution in [0.15, 0.2) is 24.3 Å². The lowest BCUT2D eigenvalue weighted by molar-refractivity contribution is -0.126. The molecule has 1 aromatic carbocycles. The summed E-state index contributed by atoms with van der Waals surface area (Å²) in [5.74, 6) is 0.194. The lowest BCUT2D eigenvalue weighted by Gasteiger charge is -2.30. The predicted molar refractivity (Wildman–Crippen MR) is 97.0 cm³/mol. The number of hydrogen-bond acceptors (Lipinski definition) is 3. The molecule has 132 valence electrons. The first-order valence-corrected chi connectivity index (χ1v) is 8.64. The Morgan fingerprint density at radius 3 is 2.38 bits per heavy atom. The van der Waals surface area contributed by atoms with Crippen LogP contribution in [0, 0.1) is 5.92 Å². The first-order chi connectivity index (χ1) is 11.3. The molecule has 24 heavy (non-hydrogen) atoms. The van der Waals surface area contributed by atoms with Crippen molar-refractivity contribution < 1.29 is 9.59 Å². The highest BCUT2D eigenvalue weighted by Crippen LogP contribution is 2.29. The van der Waals surface area contributed by atoms with Crippen LogP contribution >= 0.6 is 0 Å². The molecule has 1 aromatic rings. The zero-order chi connectivity index (χ0) is 17.7. The van der Waals surface area contributed by atoms with Crippen molar-refractivity contribution in [1.29, 1.82) is 0 Å². The van der Waals surface area contributed by atoms with Gasteiger partial charge >= 0.3 is 0 Å². The number of carbonyl (C=O) groups is 2. The van der Waals surface area contributed by atoms with Crippen molar-refractivity contribution in [2.75, 3.05) is 32.0 Å². The van der Waals surface area contributed by atoms with Crippen molar-refractivity contribution in [3.8, 4) is 0 Å². The molecule has 2 amide bonds. The maximum absolute atomic E-state index is 12.4. The molecule has 1 aliphatic rings. The Kier molecular flexibility index (Phi) is 5.99. The van der Waals surface area contributed by atoms with Gasteiger partial charge in [-0.05, 0) is 43.0 Å². The third-order valence-electron chi connectivity index (χ3n) is 4.58. The number of amides is 2. The predicted octanol–water partition coefficient (Wildman–Crippen LogP) is 2.38. The zero-order valence-electron chi connectivity index (χ0n) is 15.2. The molecule has 0 aromatic heterocycles. The van der Waals surface area contributed by atoms with Crippen LogP contribution in [0.3, 0.4) is 0 Å². The van der Waals surface area contributed by atoms with Gasteiger partial charge in [0.15, 0.2) is 0 Å². The van der Waals surface area contributed by atoms with Crippen molar-refractivity contribution in [1.82, 2.24) is 10.2 Å². The van der Waals surface area contributed by atoms with E-state index in [1.165, 1.54) is 0 Å². The topological polar surface area (TPSA) is 61.4 Å². The van der Waals surface area contributed by atoms with Gasteiger partial charge in [0.25, 0.3) is 0 Å². The number of likely N-dealkylation sites (tertiary alicyclic amines) is 1. The molecule has 1 saturated heterocycles. The minimum atomic E-state index is -0.0181. The van der Waals surface area contributed by atoms with Gasteiger partial charge < -0.3 is 10.6 Å². The maximum atomic E-state index is 12.4. The molecule has 1 aliphatic heterocycles. The molecule has 0 spiro atoms. The summed E-state index contributed by atoms with van der Waals surface area (Å²) in [5, 5.41) is 5.76. The normalized spacial score (nSPS) is 16.7. The highest BCUT2D eigenvalue weighted by atomic mass is 16.2. The molecule has 5 nitrogen and oxygen atoms in total. The van der Waals surface area contributed by atoms with E-state index in [1.54, 1.807) is 7.05 Å². The minimum Gasteiger partial charge on any atom is -0.359 e. The van der Waals surface area contributed by atoms with E-state index in [4.69, 9.17) is 0 Å². The maximum Gasteiger partial charge on any atom is 0.238 e. The number of piperidine rings is 1. The molecule has 2 N–H and O–H groups in total. The monoisotopic (exact) mass is 331 g/mol. The summed E-state index contributed by atoms with van der Waals surface area (Å²) in [6.07, 6.45) is 1.62. The molecule has 1 fully saturated rings. The van der Waals surface area contributed by atoms with Crippen LogP contribution < -0.4 is 10.6 Å². The average molecular weight is 331 g/mol. The Bertz CT molecular complexity index is 585. The summed E-state index contributed by atoms with van der Waals surface area (Å²) in [4.78, 5) is 26.2. The van der Waals surface area contributed by atoms with Crippen LogP contribution in [-0.4, -0.2) is 43.4 Å². The number of nitrogens with zero attached hydrogens (tertiary/aromatic N) is 1. The van der Waals surface area contributed by atoms with Gasteiger partial charge in [-0.25, -0.2) is 0 Å². The first kappa shape index (κ1) is 18.5. The van der Waals surface area contributed by atoms with Crippen LogP contribution in [0.5, 0.6) is 0 Å². The van der Waals surface area contributed by atoms with E-state index >= 15 is 0 Å². The number of anilines is 1. The minimum absolute atomic E-state index is 0.00472. The van der Waals surface area contributed by atoms with Crippen molar-refractivity contribution in [3.63, 3.8) is 0 Å². The molecule has 0 bridgehead atoms. The van der Waals surface area contributed by atoms with Crippen molar-refractivity contribution >= 4 is 17.5 Å². The molecule has 5 heteroatoms. The van der Waals surface area contributed by atoms with E-state index in [0.29, 0.717) is 6.54 Å². The summed E-state index contributed by atoms with van der Waals surface area (Å²) >= 11 is 0. The lowest BCUT2D eigenvalue weighted by Crippen LogP contribution is -2.42. The second kappa shape index (κ2) is 7.79. The Morgan fingerprint density at radius 1 is 1.17 bits per heavy atom. The van der Waals surface area contributed by atoms with Crippen LogP contribution in [0.1, 0.15) is 39.2 Å². The molecule has 0 saturated carbocycles. The van der Waals surface area contributed by atoms with Crippen LogP contribution in [-0.2, 0) is 15.0 Å². The molecule has 0 atom stereocenters. The van der Waals surface area contributed by atoms with E-state index in [9.17, 15) is 9.59 Å². The van der Waals surface area contributed by atoms with Crippen LogP contribution in [0.2, 0.25) is 0 Å². The third kappa shape index (κ3) is 4.81. The van der Waals surface area contributed by atoms with Crippen molar-refractivity contribution in [2.24, 2.45) is 5.92 Å². The number of rotatable bonds is 4. The fourth-order valence-corrected chi connectivity index (χ4v) is 3.20. The van der Waals surface area contributed by atoms with Gasteiger partial charge in [0, 0.05) is 18.7 Å². The summed E-state index contributed by atoms with van der Waals surface area (Å²) in [6, 6.07) is 7.96. The smallest absolute Gasteiger partial charge is 0.238 e. The molecule has 2 rings (SSSR count). The Morgan fingerprint density at radius 2 is 1.79 bits per heavy atom. The SMILES string of the molecule is CNC(=O)C1CCN(CC(=O)Nc2ccccc2C(C)(C)C)CC1. The van der Waals surface area contributed by atoms with Gasteiger partial charge in [-0.2, -0.15) is 0 Å². The molecular formula is C19H29N3O2. The molecule has 0 aliphatic carbocycles. The van der Waals surface area contributed by atoms with Gasteiger partial charge in [0.2, 0.25) is 11.8 Å². The Labute approximate surface area is 144 Å². The highest BCUT2D eigenvalue weighted by molar-refractivity contribution is 5.93. The molecule has 0 radical (unpaired) electrons.